The number of aliphatic carboxylic acids is 1. The standard InChI is InChI=1S/C15H21NO3/c17-10-13-6-3-7-14(13)16-9-12-5-2-1-4-11(12)8-15(18)19/h1-2,4-5,13-14,16-17H,3,6-10H2,(H,18,19). The van der Waals surface area contributed by atoms with Gasteiger partial charge in [-0.1, -0.05) is 30.7 Å². The lowest BCUT2D eigenvalue weighted by atomic mass is 10.0. The first kappa shape index (κ1) is 14.0. The first-order valence-corrected chi connectivity index (χ1v) is 6.83. The van der Waals surface area contributed by atoms with Crippen LogP contribution in [0.2, 0.25) is 0 Å². The van der Waals surface area contributed by atoms with Gasteiger partial charge in [0.25, 0.3) is 0 Å². The summed E-state index contributed by atoms with van der Waals surface area (Å²) in [6.07, 6.45) is 3.38. The second-order valence-electron chi connectivity index (χ2n) is 5.20. The predicted molar refractivity (Wildman–Crippen MR) is 72.8 cm³/mol. The summed E-state index contributed by atoms with van der Waals surface area (Å²) in [6, 6.07) is 7.98. The van der Waals surface area contributed by atoms with Crippen LogP contribution in [0.3, 0.4) is 0 Å². The fraction of sp³-hybridized carbons (Fsp3) is 0.533. The van der Waals surface area contributed by atoms with Crippen LogP contribution in [0.15, 0.2) is 24.3 Å². The van der Waals surface area contributed by atoms with Crippen LogP contribution in [0.5, 0.6) is 0 Å². The van der Waals surface area contributed by atoms with Gasteiger partial charge >= 0.3 is 5.97 Å². The minimum Gasteiger partial charge on any atom is -0.481 e. The number of benzene rings is 1. The fourth-order valence-corrected chi connectivity index (χ4v) is 2.83. The van der Waals surface area contributed by atoms with Gasteiger partial charge in [0.15, 0.2) is 0 Å². The molecule has 0 amide bonds. The Kier molecular flexibility index (Phi) is 4.93. The third-order valence-electron chi connectivity index (χ3n) is 3.91. The lowest BCUT2D eigenvalue weighted by Crippen LogP contribution is -2.33. The molecule has 1 fully saturated rings. The van der Waals surface area contributed by atoms with Gasteiger partial charge < -0.3 is 15.5 Å². The average Bonchev–Trinajstić information content (AvgIpc) is 2.84. The van der Waals surface area contributed by atoms with Crippen LogP contribution in [0.1, 0.15) is 30.4 Å². The summed E-state index contributed by atoms with van der Waals surface area (Å²) in [5.41, 5.74) is 1.90. The van der Waals surface area contributed by atoms with Gasteiger partial charge in [0.1, 0.15) is 0 Å². The number of carboxylic acid groups (broad SMARTS) is 1. The van der Waals surface area contributed by atoms with Crippen molar-refractivity contribution in [3.05, 3.63) is 35.4 Å². The first-order chi connectivity index (χ1) is 9.20. The summed E-state index contributed by atoms with van der Waals surface area (Å²) in [7, 11) is 0. The van der Waals surface area contributed by atoms with Gasteiger partial charge in [-0.05, 0) is 29.9 Å². The molecule has 0 aliphatic heterocycles. The zero-order valence-corrected chi connectivity index (χ0v) is 11.0. The number of carboxylic acids is 1. The van der Waals surface area contributed by atoms with Crippen molar-refractivity contribution in [2.75, 3.05) is 6.61 Å². The van der Waals surface area contributed by atoms with Crippen LogP contribution in [-0.2, 0) is 17.8 Å². The molecule has 3 N–H and O–H groups in total. The maximum Gasteiger partial charge on any atom is 0.307 e. The number of hydrogen-bond acceptors (Lipinski definition) is 3. The molecule has 2 rings (SSSR count). The second kappa shape index (κ2) is 6.68. The van der Waals surface area contributed by atoms with E-state index in [1.54, 1.807) is 0 Å². The van der Waals surface area contributed by atoms with E-state index in [0.29, 0.717) is 18.5 Å². The molecule has 1 aromatic rings. The number of aliphatic hydroxyl groups is 1. The van der Waals surface area contributed by atoms with Crippen LogP contribution in [0, 0.1) is 5.92 Å². The summed E-state index contributed by atoms with van der Waals surface area (Å²) >= 11 is 0. The Bertz CT molecular complexity index is 433. The van der Waals surface area contributed by atoms with E-state index in [0.717, 1.165) is 30.4 Å². The molecule has 1 aliphatic carbocycles. The molecule has 0 saturated heterocycles. The average molecular weight is 263 g/mol. The minimum absolute atomic E-state index is 0.0615. The fourth-order valence-electron chi connectivity index (χ4n) is 2.83. The monoisotopic (exact) mass is 263 g/mol. The zero-order chi connectivity index (χ0) is 13.7. The van der Waals surface area contributed by atoms with Gasteiger partial charge in [-0.2, -0.15) is 0 Å². The molecule has 104 valence electrons. The Morgan fingerprint density at radius 3 is 2.68 bits per heavy atom. The highest BCUT2D eigenvalue weighted by Crippen LogP contribution is 2.25. The van der Waals surface area contributed by atoms with E-state index < -0.39 is 5.97 Å². The molecule has 0 bridgehead atoms. The number of hydrogen-bond donors (Lipinski definition) is 3. The molecule has 4 nitrogen and oxygen atoms in total. The Balaban J connectivity index is 1.97. The van der Waals surface area contributed by atoms with E-state index in [9.17, 15) is 9.90 Å². The number of aliphatic hydroxyl groups excluding tert-OH is 1. The van der Waals surface area contributed by atoms with E-state index in [1.807, 2.05) is 24.3 Å². The number of rotatable bonds is 6. The molecule has 0 radical (unpaired) electrons. The first-order valence-electron chi connectivity index (χ1n) is 6.83. The van der Waals surface area contributed by atoms with Crippen molar-refractivity contribution in [1.82, 2.24) is 5.32 Å². The van der Waals surface area contributed by atoms with Crippen molar-refractivity contribution in [2.24, 2.45) is 5.92 Å². The lowest BCUT2D eigenvalue weighted by molar-refractivity contribution is -0.136. The lowest BCUT2D eigenvalue weighted by Gasteiger charge is -2.20. The highest BCUT2D eigenvalue weighted by molar-refractivity contribution is 5.70. The second-order valence-corrected chi connectivity index (χ2v) is 5.20. The predicted octanol–water partition coefficient (Wildman–Crippen LogP) is 1.56. The van der Waals surface area contributed by atoms with Gasteiger partial charge in [0, 0.05) is 19.2 Å². The van der Waals surface area contributed by atoms with E-state index >= 15 is 0 Å². The summed E-state index contributed by atoms with van der Waals surface area (Å²) < 4.78 is 0. The minimum atomic E-state index is -0.804. The van der Waals surface area contributed by atoms with Gasteiger partial charge in [0.2, 0.25) is 0 Å². The zero-order valence-electron chi connectivity index (χ0n) is 11.0. The highest BCUT2D eigenvalue weighted by atomic mass is 16.4. The maximum atomic E-state index is 10.8. The molecule has 0 aromatic heterocycles. The molecule has 19 heavy (non-hydrogen) atoms. The summed E-state index contributed by atoms with van der Waals surface area (Å²) in [5, 5.41) is 21.6. The maximum absolute atomic E-state index is 10.8. The largest absolute Gasteiger partial charge is 0.481 e. The molecule has 1 aliphatic rings. The molecule has 1 aromatic carbocycles. The molecule has 2 unspecified atom stereocenters. The summed E-state index contributed by atoms with van der Waals surface area (Å²) in [6.45, 7) is 0.902. The summed E-state index contributed by atoms with van der Waals surface area (Å²) in [4.78, 5) is 10.8. The van der Waals surface area contributed by atoms with E-state index in [-0.39, 0.29) is 13.0 Å². The van der Waals surface area contributed by atoms with E-state index in [1.165, 1.54) is 0 Å². The molecule has 0 spiro atoms. The molecular formula is C15H21NO3. The number of nitrogens with one attached hydrogen (secondary N) is 1. The normalized spacial score (nSPS) is 22.6. The van der Waals surface area contributed by atoms with Crippen molar-refractivity contribution in [3.8, 4) is 0 Å². The van der Waals surface area contributed by atoms with Gasteiger partial charge in [-0.25, -0.2) is 0 Å². The van der Waals surface area contributed by atoms with Crippen molar-refractivity contribution in [2.45, 2.75) is 38.3 Å². The Hall–Kier alpha value is -1.39. The third kappa shape index (κ3) is 3.78. The van der Waals surface area contributed by atoms with Crippen molar-refractivity contribution >= 4 is 5.97 Å². The van der Waals surface area contributed by atoms with Crippen molar-refractivity contribution < 1.29 is 15.0 Å². The summed E-state index contributed by atoms with van der Waals surface area (Å²) in [5.74, 6) is -0.465. The Morgan fingerprint density at radius 1 is 1.26 bits per heavy atom. The molecule has 0 heterocycles. The van der Waals surface area contributed by atoms with Crippen LogP contribution < -0.4 is 5.32 Å². The SMILES string of the molecule is O=C(O)Cc1ccccc1CNC1CCCC1CO. The van der Waals surface area contributed by atoms with Gasteiger partial charge in [-0.15, -0.1) is 0 Å². The number of carbonyl (C=O) groups is 1. The van der Waals surface area contributed by atoms with Crippen LogP contribution in [-0.4, -0.2) is 28.8 Å². The van der Waals surface area contributed by atoms with Crippen LogP contribution in [0.4, 0.5) is 0 Å². The molecular weight excluding hydrogens is 242 g/mol. The van der Waals surface area contributed by atoms with Crippen molar-refractivity contribution in [3.63, 3.8) is 0 Å². The molecule has 4 heteroatoms. The van der Waals surface area contributed by atoms with Gasteiger partial charge in [0.05, 0.1) is 6.42 Å². The molecule has 1 saturated carbocycles. The Labute approximate surface area is 113 Å². The molecule has 2 atom stereocenters. The van der Waals surface area contributed by atoms with Gasteiger partial charge in [-0.3, -0.25) is 4.79 Å². The topological polar surface area (TPSA) is 69.6 Å². The van der Waals surface area contributed by atoms with Crippen LogP contribution in [0.25, 0.3) is 0 Å². The van der Waals surface area contributed by atoms with Crippen molar-refractivity contribution in [1.29, 1.82) is 0 Å². The quantitative estimate of drug-likeness (QED) is 0.728. The smallest absolute Gasteiger partial charge is 0.307 e. The van der Waals surface area contributed by atoms with Crippen LogP contribution >= 0.6 is 0 Å². The van der Waals surface area contributed by atoms with E-state index in [2.05, 4.69) is 5.32 Å². The van der Waals surface area contributed by atoms with E-state index in [4.69, 9.17) is 5.11 Å². The third-order valence-corrected chi connectivity index (χ3v) is 3.91. The Morgan fingerprint density at radius 2 is 2.00 bits per heavy atom. The highest BCUT2D eigenvalue weighted by Gasteiger charge is 2.26.